The lowest BCUT2D eigenvalue weighted by molar-refractivity contribution is -0.119. The van der Waals surface area contributed by atoms with Crippen LogP contribution in [0.25, 0.3) is 0 Å². The maximum atomic E-state index is 14.7. The van der Waals surface area contributed by atoms with Gasteiger partial charge in [0, 0.05) is 28.0 Å². The fourth-order valence-electron chi connectivity index (χ4n) is 3.85. The number of hydrogen-bond acceptors (Lipinski definition) is 5. The summed E-state index contributed by atoms with van der Waals surface area (Å²) < 4.78 is 14.7. The molecule has 0 saturated heterocycles. The van der Waals surface area contributed by atoms with Crippen LogP contribution < -0.4 is 21.2 Å². The zero-order chi connectivity index (χ0) is 25.2. The molecule has 0 unspecified atom stereocenters. The Hall–Kier alpha value is -4.15. The number of amides is 1. The first-order valence-electron chi connectivity index (χ1n) is 11.6. The summed E-state index contributed by atoms with van der Waals surface area (Å²) in [5, 5.41) is 12.3. The Morgan fingerprint density at radius 2 is 1.14 bits per heavy atom. The van der Waals surface area contributed by atoms with Crippen molar-refractivity contribution in [1.82, 2.24) is 5.32 Å². The summed E-state index contributed by atoms with van der Waals surface area (Å²) in [5.74, 6) is -0.598. The van der Waals surface area contributed by atoms with E-state index in [4.69, 9.17) is 0 Å². The first-order chi connectivity index (χ1) is 17.6. The van der Waals surface area contributed by atoms with Crippen LogP contribution in [0.5, 0.6) is 0 Å². The van der Waals surface area contributed by atoms with Crippen LogP contribution in [0.2, 0.25) is 0 Å². The van der Waals surface area contributed by atoms with Gasteiger partial charge in [0.15, 0.2) is 12.9 Å². The molecule has 4 aromatic rings. The third-order valence-electron chi connectivity index (χ3n) is 5.64. The molecule has 6 nitrogen and oxygen atoms in total. The Labute approximate surface area is 210 Å². The van der Waals surface area contributed by atoms with Crippen LogP contribution in [0.15, 0.2) is 125 Å². The van der Waals surface area contributed by atoms with Gasteiger partial charge in [-0.05, 0) is 5.56 Å². The van der Waals surface area contributed by atoms with E-state index in [-0.39, 0.29) is 24.8 Å². The Bertz CT molecular complexity index is 1350. The minimum atomic E-state index is -3.32. The molecule has 0 heterocycles. The lowest BCUT2D eigenvalue weighted by Crippen LogP contribution is -2.29. The quantitative estimate of drug-likeness (QED) is 0.202. The molecule has 0 saturated carbocycles. The average Bonchev–Trinajstić information content (AvgIpc) is 2.95. The highest BCUT2D eigenvalue weighted by molar-refractivity contribution is 7.85. The Kier molecular flexibility index (Phi) is 8.32. The van der Waals surface area contributed by atoms with Gasteiger partial charge in [-0.15, -0.1) is 0 Å². The highest BCUT2D eigenvalue weighted by Gasteiger charge is 2.33. The van der Waals surface area contributed by atoms with Gasteiger partial charge in [0.25, 0.3) is 0 Å². The summed E-state index contributed by atoms with van der Waals surface area (Å²) in [7, 11) is -3.32. The van der Waals surface area contributed by atoms with Gasteiger partial charge in [0.05, 0.1) is 0 Å². The summed E-state index contributed by atoms with van der Waals surface area (Å²) in [6.45, 7) is -0.0173. The highest BCUT2D eigenvalue weighted by atomic mass is 31.2. The van der Waals surface area contributed by atoms with Crippen molar-refractivity contribution in [2.24, 2.45) is 10.2 Å². The number of nitrogens with one attached hydrogen (secondary N) is 1. The largest absolute Gasteiger partial charge is 0.350 e. The maximum Gasteiger partial charge on any atom is 0.243 e. The van der Waals surface area contributed by atoms with Crippen molar-refractivity contribution in [3.8, 4) is 0 Å². The summed E-state index contributed by atoms with van der Waals surface area (Å²) in [5.41, 5.74) is 1.32. The lowest BCUT2D eigenvalue weighted by Gasteiger charge is -2.22. The maximum absolute atomic E-state index is 14.7. The molecule has 180 valence electrons. The predicted octanol–water partition coefficient (Wildman–Crippen LogP) is 4.28. The van der Waals surface area contributed by atoms with Gasteiger partial charge in [0.2, 0.25) is 5.91 Å². The molecule has 36 heavy (non-hydrogen) atoms. The van der Waals surface area contributed by atoms with Crippen LogP contribution in [-0.2, 0) is 15.9 Å². The van der Waals surface area contributed by atoms with Gasteiger partial charge in [0.1, 0.15) is 13.1 Å². The number of Topliss-reactive ketones (excluding diaryl/α,β-unsaturated/α-hetero) is 1. The van der Waals surface area contributed by atoms with E-state index in [9.17, 15) is 14.2 Å². The molecule has 4 rings (SSSR count). The van der Waals surface area contributed by atoms with E-state index >= 15 is 0 Å². The van der Waals surface area contributed by atoms with Gasteiger partial charge in [-0.2, -0.15) is 10.2 Å². The lowest BCUT2D eigenvalue weighted by atomic mass is 10.1. The Morgan fingerprint density at radius 1 is 0.639 bits per heavy atom. The number of carbonyl (C=O) groups excluding carboxylic acids is 2. The van der Waals surface area contributed by atoms with Crippen LogP contribution in [0.4, 0.5) is 0 Å². The summed E-state index contributed by atoms with van der Waals surface area (Å²) in [6, 6.07) is 34.9. The van der Waals surface area contributed by atoms with Crippen molar-refractivity contribution in [3.05, 3.63) is 126 Å². The molecule has 0 aliphatic carbocycles. The SMILES string of the molecule is O=C(C/N=N/CC(=O)c1ccccc1P(=O)(c1ccccc1)c1ccccc1)NCc1ccccc1. The van der Waals surface area contributed by atoms with Crippen molar-refractivity contribution >= 4 is 34.7 Å². The third kappa shape index (κ3) is 5.91. The van der Waals surface area contributed by atoms with Crippen LogP contribution in [-0.4, -0.2) is 24.8 Å². The molecule has 0 aliphatic rings. The minimum Gasteiger partial charge on any atom is -0.350 e. The Morgan fingerprint density at radius 3 is 1.75 bits per heavy atom. The molecule has 0 aliphatic heterocycles. The van der Waals surface area contributed by atoms with Crippen molar-refractivity contribution in [3.63, 3.8) is 0 Å². The van der Waals surface area contributed by atoms with E-state index in [2.05, 4.69) is 15.5 Å². The molecule has 4 aromatic carbocycles. The minimum absolute atomic E-state index is 0.172. The van der Waals surface area contributed by atoms with Crippen LogP contribution >= 0.6 is 7.14 Å². The fraction of sp³-hybridized carbons (Fsp3) is 0.103. The van der Waals surface area contributed by atoms with E-state index in [0.717, 1.165) is 5.56 Å². The Balaban J connectivity index is 1.50. The molecular formula is C29H26N3O3P. The molecule has 0 bridgehead atoms. The number of rotatable bonds is 10. The molecule has 0 atom stereocenters. The number of nitrogens with zero attached hydrogens (tertiary/aromatic N) is 2. The molecule has 0 radical (unpaired) electrons. The molecule has 1 N–H and O–H groups in total. The molecular weight excluding hydrogens is 469 g/mol. The number of hydrogen-bond donors (Lipinski definition) is 1. The molecule has 1 amide bonds. The molecule has 7 heteroatoms. The zero-order valence-corrected chi connectivity index (χ0v) is 20.6. The van der Waals surface area contributed by atoms with Crippen LogP contribution in [0.1, 0.15) is 15.9 Å². The summed E-state index contributed by atoms with van der Waals surface area (Å²) in [4.78, 5) is 25.2. The molecule has 0 fully saturated rings. The summed E-state index contributed by atoms with van der Waals surface area (Å²) >= 11 is 0. The van der Waals surface area contributed by atoms with E-state index in [1.807, 2.05) is 91.0 Å². The summed E-state index contributed by atoms with van der Waals surface area (Å²) in [6.07, 6.45) is 0. The first kappa shape index (κ1) is 25.0. The zero-order valence-electron chi connectivity index (χ0n) is 19.7. The van der Waals surface area contributed by atoms with E-state index in [1.54, 1.807) is 24.3 Å². The molecule has 0 spiro atoms. The van der Waals surface area contributed by atoms with E-state index in [1.165, 1.54) is 0 Å². The second-order valence-electron chi connectivity index (χ2n) is 8.08. The van der Waals surface area contributed by atoms with Gasteiger partial charge in [-0.25, -0.2) is 0 Å². The second kappa shape index (κ2) is 12.0. The van der Waals surface area contributed by atoms with Crippen LogP contribution in [0, 0.1) is 0 Å². The van der Waals surface area contributed by atoms with Crippen LogP contribution in [0.3, 0.4) is 0 Å². The van der Waals surface area contributed by atoms with Crippen molar-refractivity contribution in [2.75, 3.05) is 13.1 Å². The number of benzene rings is 4. The predicted molar refractivity (Wildman–Crippen MR) is 143 cm³/mol. The van der Waals surface area contributed by atoms with Gasteiger partial charge < -0.3 is 9.88 Å². The number of carbonyl (C=O) groups is 2. The van der Waals surface area contributed by atoms with Crippen molar-refractivity contribution in [2.45, 2.75) is 6.54 Å². The van der Waals surface area contributed by atoms with Crippen molar-refractivity contribution < 1.29 is 14.2 Å². The number of azo groups is 1. The highest BCUT2D eigenvalue weighted by Crippen LogP contribution is 2.43. The first-order valence-corrected chi connectivity index (χ1v) is 13.3. The topological polar surface area (TPSA) is 88.0 Å². The van der Waals surface area contributed by atoms with Crippen molar-refractivity contribution in [1.29, 1.82) is 0 Å². The normalized spacial score (nSPS) is 11.3. The molecule has 0 aromatic heterocycles. The third-order valence-corrected chi connectivity index (χ3v) is 8.76. The average molecular weight is 496 g/mol. The van der Waals surface area contributed by atoms with Gasteiger partial charge >= 0.3 is 0 Å². The van der Waals surface area contributed by atoms with E-state index < -0.39 is 7.14 Å². The monoisotopic (exact) mass is 495 g/mol. The smallest absolute Gasteiger partial charge is 0.243 e. The van der Waals surface area contributed by atoms with Gasteiger partial charge in [-0.3, -0.25) is 9.59 Å². The van der Waals surface area contributed by atoms with Gasteiger partial charge in [-0.1, -0.05) is 115 Å². The van der Waals surface area contributed by atoms with E-state index in [0.29, 0.717) is 28.0 Å². The standard InChI is InChI=1S/C29H26N3O3P/c33-27(21-31-32-22-29(34)30-20-23-12-4-1-5-13-23)26-18-10-11-19-28(26)36(35,24-14-6-2-7-15-24)25-16-8-3-9-17-25/h1-19H,20-22H2,(H,30,34)/b32-31+. The number of ketones is 1. The second-order valence-corrected chi connectivity index (χ2v) is 10.8. The fourth-order valence-corrected chi connectivity index (χ4v) is 6.73.